The molecule has 7 nitrogen and oxygen atoms in total. The van der Waals surface area contributed by atoms with Crippen molar-refractivity contribution in [2.75, 3.05) is 14.2 Å². The molecule has 0 N–H and O–H groups in total. The summed E-state index contributed by atoms with van der Waals surface area (Å²) >= 11 is 3.06. The van der Waals surface area contributed by atoms with Crippen LogP contribution in [0.3, 0.4) is 0 Å². The van der Waals surface area contributed by atoms with Crippen molar-refractivity contribution in [3.63, 3.8) is 0 Å². The predicted octanol–water partition coefficient (Wildman–Crippen LogP) is 3.59. The van der Waals surface area contributed by atoms with Crippen LogP contribution in [-0.4, -0.2) is 25.1 Å². The zero-order valence-corrected chi connectivity index (χ0v) is 13.8. The van der Waals surface area contributed by atoms with Gasteiger partial charge in [-0.2, -0.15) is 0 Å². The lowest BCUT2D eigenvalue weighted by Crippen LogP contribution is -2.10. The molecule has 0 aliphatic carbocycles. The fraction of sp³-hybridized carbons (Fsp3) is 0.133. The van der Waals surface area contributed by atoms with Gasteiger partial charge in [-0.15, -0.1) is 0 Å². The van der Waals surface area contributed by atoms with Crippen molar-refractivity contribution in [2.45, 2.75) is 0 Å². The average Bonchev–Trinajstić information content (AvgIpc) is 2.55. The van der Waals surface area contributed by atoms with Crippen molar-refractivity contribution in [3.05, 3.63) is 56.5 Å². The van der Waals surface area contributed by atoms with Crippen LogP contribution in [0.4, 0.5) is 5.69 Å². The molecular formula is C15H12BrNO6. The van der Waals surface area contributed by atoms with Crippen LogP contribution in [0.1, 0.15) is 10.4 Å². The number of para-hydroxylation sites is 1. The Hall–Kier alpha value is -2.61. The smallest absolute Gasteiger partial charge is 0.344 e. The number of esters is 1. The van der Waals surface area contributed by atoms with E-state index in [1.54, 1.807) is 18.2 Å². The highest BCUT2D eigenvalue weighted by Crippen LogP contribution is 2.37. The van der Waals surface area contributed by atoms with Crippen LogP contribution in [0.2, 0.25) is 0 Å². The van der Waals surface area contributed by atoms with Crippen LogP contribution in [0.25, 0.3) is 0 Å². The predicted molar refractivity (Wildman–Crippen MR) is 85.3 cm³/mol. The van der Waals surface area contributed by atoms with Gasteiger partial charge < -0.3 is 14.2 Å². The van der Waals surface area contributed by atoms with Crippen molar-refractivity contribution >= 4 is 27.6 Å². The van der Waals surface area contributed by atoms with Crippen molar-refractivity contribution in [3.8, 4) is 17.2 Å². The number of nitrogens with zero attached hydrogens (tertiary/aromatic N) is 1. The van der Waals surface area contributed by atoms with E-state index in [9.17, 15) is 14.9 Å². The second kappa shape index (κ2) is 7.10. The van der Waals surface area contributed by atoms with Crippen LogP contribution >= 0.6 is 15.9 Å². The summed E-state index contributed by atoms with van der Waals surface area (Å²) in [6, 6.07) is 8.85. The molecule has 0 aliphatic rings. The molecule has 0 heterocycles. The van der Waals surface area contributed by atoms with Gasteiger partial charge in [-0.05, 0) is 40.2 Å². The Morgan fingerprint density at radius 1 is 1.13 bits per heavy atom. The second-order valence-corrected chi connectivity index (χ2v) is 5.16. The van der Waals surface area contributed by atoms with Gasteiger partial charge in [0.15, 0.2) is 11.5 Å². The maximum absolute atomic E-state index is 12.3. The fourth-order valence-electron chi connectivity index (χ4n) is 1.85. The Kier molecular flexibility index (Phi) is 5.17. The standard InChI is InChI=1S/C15H12BrNO6/c1-21-12-4-3-5-13(22-2)14(12)23-15(18)9-6-7-10(16)11(8-9)17(19)20/h3-8H,1-2H3. The third-order valence-corrected chi connectivity index (χ3v) is 3.63. The maximum atomic E-state index is 12.3. The zero-order chi connectivity index (χ0) is 17.0. The Labute approximate surface area is 140 Å². The summed E-state index contributed by atoms with van der Waals surface area (Å²) in [5.41, 5.74) is -0.195. The second-order valence-electron chi connectivity index (χ2n) is 4.30. The Morgan fingerprint density at radius 2 is 1.74 bits per heavy atom. The fourth-order valence-corrected chi connectivity index (χ4v) is 2.24. The molecule has 0 unspecified atom stereocenters. The van der Waals surface area contributed by atoms with Gasteiger partial charge in [0.25, 0.3) is 5.69 Å². The molecule has 0 saturated heterocycles. The van der Waals surface area contributed by atoms with E-state index in [2.05, 4.69) is 15.9 Å². The van der Waals surface area contributed by atoms with Gasteiger partial charge in [0.1, 0.15) is 0 Å². The quantitative estimate of drug-likeness (QED) is 0.340. The number of rotatable bonds is 5. The molecule has 8 heteroatoms. The molecule has 2 aromatic rings. The number of nitro groups is 1. The minimum atomic E-state index is -0.761. The van der Waals surface area contributed by atoms with E-state index in [1.165, 1.54) is 26.4 Å². The molecule has 0 fully saturated rings. The van der Waals surface area contributed by atoms with Gasteiger partial charge in [0, 0.05) is 6.07 Å². The maximum Gasteiger partial charge on any atom is 0.344 e. The van der Waals surface area contributed by atoms with Crippen LogP contribution in [0, 0.1) is 10.1 Å². The highest BCUT2D eigenvalue weighted by molar-refractivity contribution is 9.10. The minimum Gasteiger partial charge on any atom is -0.493 e. The summed E-state index contributed by atoms with van der Waals surface area (Å²) in [4.78, 5) is 22.6. The zero-order valence-electron chi connectivity index (χ0n) is 12.2. The lowest BCUT2D eigenvalue weighted by atomic mass is 10.2. The SMILES string of the molecule is COc1cccc(OC)c1OC(=O)c1ccc(Br)c([N+](=O)[O-])c1. The molecule has 23 heavy (non-hydrogen) atoms. The number of carbonyl (C=O) groups is 1. The van der Waals surface area contributed by atoms with Gasteiger partial charge >= 0.3 is 5.97 Å². The van der Waals surface area contributed by atoms with Crippen molar-refractivity contribution in [1.29, 1.82) is 0 Å². The van der Waals surface area contributed by atoms with Crippen LogP contribution in [0.5, 0.6) is 17.2 Å². The molecule has 0 amide bonds. The number of ether oxygens (including phenoxy) is 3. The number of benzene rings is 2. The molecular weight excluding hydrogens is 370 g/mol. The third-order valence-electron chi connectivity index (χ3n) is 2.96. The van der Waals surface area contributed by atoms with E-state index in [0.29, 0.717) is 11.5 Å². The molecule has 2 aromatic carbocycles. The molecule has 2 rings (SSSR count). The number of nitro benzene ring substituents is 1. The average molecular weight is 382 g/mol. The van der Waals surface area contributed by atoms with E-state index in [0.717, 1.165) is 6.07 Å². The molecule has 0 radical (unpaired) electrons. The number of methoxy groups -OCH3 is 2. The first-order valence-corrected chi connectivity index (χ1v) is 7.14. The van der Waals surface area contributed by atoms with Gasteiger partial charge in [-0.25, -0.2) is 4.79 Å². The van der Waals surface area contributed by atoms with Crippen molar-refractivity contribution in [2.24, 2.45) is 0 Å². The molecule has 0 bridgehead atoms. The number of hydrogen-bond donors (Lipinski definition) is 0. The Morgan fingerprint density at radius 3 is 2.26 bits per heavy atom. The monoisotopic (exact) mass is 381 g/mol. The number of carbonyl (C=O) groups excluding carboxylic acids is 1. The summed E-state index contributed by atoms with van der Waals surface area (Å²) in [5, 5.41) is 10.9. The van der Waals surface area contributed by atoms with Crippen LogP contribution in [0.15, 0.2) is 40.9 Å². The normalized spacial score (nSPS) is 10.0. The van der Waals surface area contributed by atoms with Crippen molar-refractivity contribution in [1.82, 2.24) is 0 Å². The lowest BCUT2D eigenvalue weighted by molar-refractivity contribution is -0.385. The Bertz CT molecular complexity index is 739. The Balaban J connectivity index is 2.37. The number of halogens is 1. The molecule has 0 saturated carbocycles. The first-order chi connectivity index (χ1) is 11.0. The highest BCUT2D eigenvalue weighted by atomic mass is 79.9. The summed E-state index contributed by atoms with van der Waals surface area (Å²) in [7, 11) is 2.85. The molecule has 0 atom stereocenters. The summed E-state index contributed by atoms with van der Waals surface area (Å²) in [6.45, 7) is 0. The molecule has 0 aromatic heterocycles. The van der Waals surface area contributed by atoms with Crippen molar-refractivity contribution < 1.29 is 23.9 Å². The van der Waals surface area contributed by atoms with Gasteiger partial charge in [0.2, 0.25) is 5.75 Å². The molecule has 0 spiro atoms. The van der Waals surface area contributed by atoms with E-state index in [-0.39, 0.29) is 21.5 Å². The molecule has 0 aliphatic heterocycles. The first kappa shape index (κ1) is 16.8. The summed E-state index contributed by atoms with van der Waals surface area (Å²) < 4.78 is 15.8. The van der Waals surface area contributed by atoms with E-state index in [4.69, 9.17) is 14.2 Å². The van der Waals surface area contributed by atoms with E-state index < -0.39 is 10.9 Å². The summed E-state index contributed by atoms with van der Waals surface area (Å²) in [6.07, 6.45) is 0. The van der Waals surface area contributed by atoms with E-state index in [1.807, 2.05) is 0 Å². The highest BCUT2D eigenvalue weighted by Gasteiger charge is 2.20. The van der Waals surface area contributed by atoms with Crippen LogP contribution < -0.4 is 14.2 Å². The number of hydrogen-bond acceptors (Lipinski definition) is 6. The summed E-state index contributed by atoms with van der Waals surface area (Å²) in [5.74, 6) is -0.0369. The lowest BCUT2D eigenvalue weighted by Gasteiger charge is -2.12. The van der Waals surface area contributed by atoms with Gasteiger partial charge in [-0.1, -0.05) is 6.07 Å². The van der Waals surface area contributed by atoms with E-state index >= 15 is 0 Å². The molecule has 120 valence electrons. The third kappa shape index (κ3) is 3.59. The minimum absolute atomic E-state index is 0.0351. The van der Waals surface area contributed by atoms with Gasteiger partial charge in [0.05, 0.1) is 29.2 Å². The van der Waals surface area contributed by atoms with Gasteiger partial charge in [-0.3, -0.25) is 10.1 Å². The first-order valence-electron chi connectivity index (χ1n) is 6.35. The largest absolute Gasteiger partial charge is 0.493 e. The van der Waals surface area contributed by atoms with Crippen LogP contribution in [-0.2, 0) is 0 Å². The topological polar surface area (TPSA) is 87.9 Å².